The van der Waals surface area contributed by atoms with Gasteiger partial charge in [0.05, 0.1) is 11.8 Å². The van der Waals surface area contributed by atoms with E-state index in [1.54, 1.807) is 5.01 Å². The lowest BCUT2D eigenvalue weighted by atomic mass is 9.77. The van der Waals surface area contributed by atoms with Crippen molar-refractivity contribution < 1.29 is 9.53 Å². The van der Waals surface area contributed by atoms with Crippen LogP contribution in [0.5, 0.6) is 5.75 Å². The number of benzene rings is 4. The first-order chi connectivity index (χ1) is 20.4. The minimum atomic E-state index is -0.167. The number of rotatable bonds is 7. The van der Waals surface area contributed by atoms with E-state index in [9.17, 15) is 4.79 Å². The number of carbonyl (C=O) groups excluding carboxylic acids is 1. The zero-order chi connectivity index (χ0) is 29.2. The summed E-state index contributed by atoms with van der Waals surface area (Å²) in [6, 6.07) is 30.9. The van der Waals surface area contributed by atoms with Gasteiger partial charge in [-0.25, -0.2) is 5.01 Å². The van der Waals surface area contributed by atoms with Crippen molar-refractivity contribution in [1.29, 1.82) is 0 Å². The predicted octanol–water partition coefficient (Wildman–Crippen LogP) is 7.17. The minimum absolute atomic E-state index is 0.0746. The smallest absolute Gasteiger partial charge is 0.281 e. The molecule has 42 heavy (non-hydrogen) atoms. The van der Waals surface area contributed by atoms with Gasteiger partial charge in [0.1, 0.15) is 5.75 Å². The fourth-order valence-electron chi connectivity index (χ4n) is 6.11. The molecule has 6 rings (SSSR count). The average molecular weight is 559 g/mol. The second-order valence-corrected chi connectivity index (χ2v) is 11.6. The molecule has 4 aromatic rings. The number of hydrazone groups is 1. The second kappa shape index (κ2) is 11.7. The molecular weight excluding hydrogens is 520 g/mol. The highest BCUT2D eigenvalue weighted by Gasteiger charge is 2.43. The third kappa shape index (κ3) is 5.49. The van der Waals surface area contributed by atoms with Gasteiger partial charge in [0.2, 0.25) is 0 Å². The van der Waals surface area contributed by atoms with E-state index in [0.717, 1.165) is 52.6 Å². The van der Waals surface area contributed by atoms with Gasteiger partial charge < -0.3 is 14.5 Å². The zero-order valence-corrected chi connectivity index (χ0v) is 24.8. The largest absolute Gasteiger partial charge is 0.483 e. The monoisotopic (exact) mass is 558 g/mol. The highest BCUT2D eigenvalue weighted by molar-refractivity contribution is 6.08. The highest BCUT2D eigenvalue weighted by atomic mass is 16.5. The molecule has 0 saturated heterocycles. The third-order valence-electron chi connectivity index (χ3n) is 8.36. The number of anilines is 2. The standard InChI is InChI=1S/C36H38N4O2/c1-38(2)29-19-15-25(16-20-29)23-28-11-7-13-32-35(28)37-40(36(32)27-17-21-30(22-18-27)39(3)4)34(41)24-42-33-14-8-10-26-9-5-6-12-31(26)33/h5-6,8-10,12,14-23,32,36H,7,11,13,24H2,1-4H3/b28-23-/t32-,36+/m0/s1. The maximum atomic E-state index is 13.9. The van der Waals surface area contributed by atoms with Gasteiger partial charge in [0, 0.05) is 50.9 Å². The summed E-state index contributed by atoms with van der Waals surface area (Å²) in [5.74, 6) is 0.707. The van der Waals surface area contributed by atoms with Crippen LogP contribution in [0.25, 0.3) is 16.8 Å². The van der Waals surface area contributed by atoms with E-state index in [1.165, 1.54) is 11.3 Å². The lowest BCUT2D eigenvalue weighted by Crippen LogP contribution is -2.34. The Kier molecular flexibility index (Phi) is 7.70. The lowest BCUT2D eigenvalue weighted by molar-refractivity contribution is -0.135. The van der Waals surface area contributed by atoms with Gasteiger partial charge in [-0.3, -0.25) is 4.79 Å². The first-order valence-electron chi connectivity index (χ1n) is 14.7. The topological polar surface area (TPSA) is 48.4 Å². The molecule has 6 heteroatoms. The molecule has 1 heterocycles. The number of carbonyl (C=O) groups is 1. The fourth-order valence-corrected chi connectivity index (χ4v) is 6.11. The molecule has 0 unspecified atom stereocenters. The molecule has 4 aromatic carbocycles. The molecule has 0 radical (unpaired) electrons. The molecular formula is C36H38N4O2. The number of nitrogens with zero attached hydrogens (tertiary/aromatic N) is 4. The Hall–Kier alpha value is -4.58. The summed E-state index contributed by atoms with van der Waals surface area (Å²) < 4.78 is 6.15. The Morgan fingerprint density at radius 2 is 1.55 bits per heavy atom. The molecule has 0 bridgehead atoms. The van der Waals surface area contributed by atoms with E-state index in [0.29, 0.717) is 5.75 Å². The summed E-state index contributed by atoms with van der Waals surface area (Å²) in [6.07, 6.45) is 5.25. The average Bonchev–Trinajstić information content (AvgIpc) is 3.41. The third-order valence-corrected chi connectivity index (χ3v) is 8.36. The van der Waals surface area contributed by atoms with Crippen molar-refractivity contribution in [1.82, 2.24) is 5.01 Å². The Labute approximate surface area is 248 Å². The summed E-state index contributed by atoms with van der Waals surface area (Å²) in [5.41, 5.74) is 6.78. The number of fused-ring (bicyclic) bond motifs is 2. The summed E-state index contributed by atoms with van der Waals surface area (Å²) >= 11 is 0. The van der Waals surface area contributed by atoms with Crippen molar-refractivity contribution >= 4 is 39.8 Å². The van der Waals surface area contributed by atoms with Crippen LogP contribution in [0.1, 0.15) is 36.4 Å². The first-order valence-corrected chi connectivity index (χ1v) is 14.7. The fraction of sp³-hybridized carbons (Fsp3) is 0.278. The maximum Gasteiger partial charge on any atom is 0.281 e. The van der Waals surface area contributed by atoms with Crippen molar-refractivity contribution in [3.05, 3.63) is 108 Å². The van der Waals surface area contributed by atoms with Gasteiger partial charge in [0.25, 0.3) is 5.91 Å². The van der Waals surface area contributed by atoms with E-state index >= 15 is 0 Å². The second-order valence-electron chi connectivity index (χ2n) is 11.6. The molecule has 0 N–H and O–H groups in total. The number of hydrogen-bond acceptors (Lipinski definition) is 5. The van der Waals surface area contributed by atoms with Gasteiger partial charge in [-0.2, -0.15) is 5.10 Å². The van der Waals surface area contributed by atoms with Crippen LogP contribution in [-0.2, 0) is 4.79 Å². The summed E-state index contributed by atoms with van der Waals surface area (Å²) in [6.45, 7) is -0.0746. The van der Waals surface area contributed by atoms with Crippen LogP contribution >= 0.6 is 0 Å². The van der Waals surface area contributed by atoms with Crippen LogP contribution in [0, 0.1) is 5.92 Å². The molecule has 1 saturated carbocycles. The van der Waals surface area contributed by atoms with E-state index in [4.69, 9.17) is 9.84 Å². The van der Waals surface area contributed by atoms with Gasteiger partial charge in [-0.05, 0) is 77.8 Å². The summed E-state index contributed by atoms with van der Waals surface area (Å²) in [5, 5.41) is 8.84. The minimum Gasteiger partial charge on any atom is -0.483 e. The summed E-state index contributed by atoms with van der Waals surface area (Å²) in [4.78, 5) is 18.1. The summed E-state index contributed by atoms with van der Waals surface area (Å²) in [7, 11) is 8.17. The quantitative estimate of drug-likeness (QED) is 0.241. The van der Waals surface area contributed by atoms with Crippen molar-refractivity contribution in [2.75, 3.05) is 44.6 Å². The maximum absolute atomic E-state index is 13.9. The van der Waals surface area contributed by atoms with Crippen LogP contribution in [0.2, 0.25) is 0 Å². The molecule has 0 spiro atoms. The molecule has 2 aliphatic rings. The van der Waals surface area contributed by atoms with E-state index in [2.05, 4.69) is 76.5 Å². The Balaban J connectivity index is 1.32. The highest BCUT2D eigenvalue weighted by Crippen LogP contribution is 2.44. The van der Waals surface area contributed by atoms with Crippen LogP contribution in [0.4, 0.5) is 11.4 Å². The van der Waals surface area contributed by atoms with Crippen molar-refractivity contribution in [2.45, 2.75) is 25.3 Å². The Bertz CT molecular complexity index is 1630. The number of hydrogen-bond donors (Lipinski definition) is 0. The molecule has 1 aliphatic carbocycles. The SMILES string of the molecule is CN(C)c1ccc(/C=C2/CCC[C@H]3C2=NN(C(=O)COc2cccc4ccccc24)[C@@H]3c2ccc(N(C)C)cc2)cc1. The molecule has 1 aliphatic heterocycles. The van der Waals surface area contributed by atoms with Gasteiger partial charge in [-0.1, -0.05) is 60.7 Å². The van der Waals surface area contributed by atoms with Gasteiger partial charge >= 0.3 is 0 Å². The van der Waals surface area contributed by atoms with E-state index in [-0.39, 0.29) is 24.5 Å². The van der Waals surface area contributed by atoms with Crippen LogP contribution in [0.3, 0.4) is 0 Å². The van der Waals surface area contributed by atoms with E-state index < -0.39 is 0 Å². The normalized spacial score (nSPS) is 19.0. The molecule has 0 aromatic heterocycles. The van der Waals surface area contributed by atoms with E-state index in [1.807, 2.05) is 58.5 Å². The van der Waals surface area contributed by atoms with Crippen molar-refractivity contribution in [3.8, 4) is 5.75 Å². The number of ether oxygens (including phenoxy) is 1. The zero-order valence-electron chi connectivity index (χ0n) is 24.8. The van der Waals surface area contributed by atoms with Crippen LogP contribution < -0.4 is 14.5 Å². The predicted molar refractivity (Wildman–Crippen MR) is 173 cm³/mol. The molecule has 214 valence electrons. The van der Waals surface area contributed by atoms with Crippen LogP contribution in [-0.4, -0.2) is 51.4 Å². The van der Waals surface area contributed by atoms with Gasteiger partial charge in [0.15, 0.2) is 6.61 Å². The molecule has 1 amide bonds. The molecule has 6 nitrogen and oxygen atoms in total. The van der Waals surface area contributed by atoms with Crippen molar-refractivity contribution in [3.63, 3.8) is 0 Å². The molecule has 2 atom stereocenters. The molecule has 1 fully saturated rings. The number of allylic oxidation sites excluding steroid dienone is 1. The number of amides is 1. The first kappa shape index (κ1) is 27.6. The van der Waals surface area contributed by atoms with Crippen LogP contribution in [0.15, 0.2) is 102 Å². The van der Waals surface area contributed by atoms with Gasteiger partial charge in [-0.15, -0.1) is 0 Å². The Morgan fingerprint density at radius 3 is 2.26 bits per heavy atom. The lowest BCUT2D eigenvalue weighted by Gasteiger charge is -2.30. The van der Waals surface area contributed by atoms with Crippen molar-refractivity contribution in [2.24, 2.45) is 11.0 Å². The Morgan fingerprint density at radius 1 is 0.881 bits per heavy atom.